The highest BCUT2D eigenvalue weighted by atomic mass is 35.5. The van der Waals surface area contributed by atoms with E-state index < -0.39 is 22.0 Å². The van der Waals surface area contributed by atoms with E-state index in [1.54, 1.807) is 19.1 Å². The summed E-state index contributed by atoms with van der Waals surface area (Å²) >= 11 is 6.06. The Bertz CT molecular complexity index is 1230. The van der Waals surface area contributed by atoms with E-state index in [1.165, 1.54) is 12.1 Å². The highest BCUT2D eigenvalue weighted by molar-refractivity contribution is 7.89. The molecule has 0 spiro atoms. The van der Waals surface area contributed by atoms with Crippen LogP contribution in [-0.2, 0) is 21.2 Å². The number of carbonyl (C=O) groups excluding carboxylic acids is 1. The summed E-state index contributed by atoms with van der Waals surface area (Å²) in [5.41, 5.74) is 3.40. The Balaban J connectivity index is 1.94. The van der Waals surface area contributed by atoms with Gasteiger partial charge in [-0.15, -0.1) is 0 Å². The summed E-state index contributed by atoms with van der Waals surface area (Å²) in [5.74, 6) is -0.294. The number of ether oxygens (including phenoxy) is 1. The van der Waals surface area contributed by atoms with Gasteiger partial charge in [0, 0.05) is 10.7 Å². The van der Waals surface area contributed by atoms with Gasteiger partial charge in [-0.3, -0.25) is 4.79 Å². The monoisotopic (exact) mass is 486 g/mol. The van der Waals surface area contributed by atoms with E-state index in [-0.39, 0.29) is 28.7 Å². The van der Waals surface area contributed by atoms with Crippen molar-refractivity contribution in [3.8, 4) is 5.75 Å². The van der Waals surface area contributed by atoms with Crippen LogP contribution in [-0.4, -0.2) is 27.0 Å². The smallest absolute Gasteiger partial charge is 0.245 e. The Hall–Kier alpha value is -2.87. The van der Waals surface area contributed by atoms with Crippen molar-refractivity contribution in [2.75, 3.05) is 11.9 Å². The zero-order chi connectivity index (χ0) is 24.0. The molecule has 1 amide bonds. The summed E-state index contributed by atoms with van der Waals surface area (Å²) in [4.78, 5) is 13.1. The van der Waals surface area contributed by atoms with Crippen molar-refractivity contribution in [1.29, 1.82) is 0 Å². The minimum atomic E-state index is -4.13. The highest BCUT2D eigenvalue weighted by Crippen LogP contribution is 2.28. The number of nitrogens with one attached hydrogen (secondary N) is 2. The maximum atomic E-state index is 13.3. The summed E-state index contributed by atoms with van der Waals surface area (Å²) in [6, 6.07) is 18.2. The van der Waals surface area contributed by atoms with Gasteiger partial charge in [0.15, 0.2) is 0 Å². The number of rotatable bonds is 9. The van der Waals surface area contributed by atoms with Crippen LogP contribution in [0.2, 0.25) is 5.02 Å². The molecular formula is C25H27ClN2O4S. The fourth-order valence-corrected chi connectivity index (χ4v) is 5.03. The molecule has 2 N–H and O–H groups in total. The second-order valence-electron chi connectivity index (χ2n) is 7.70. The van der Waals surface area contributed by atoms with Gasteiger partial charge in [0.2, 0.25) is 15.9 Å². The Morgan fingerprint density at radius 1 is 1.03 bits per heavy atom. The van der Waals surface area contributed by atoms with Crippen molar-refractivity contribution in [2.24, 2.45) is 0 Å². The van der Waals surface area contributed by atoms with Gasteiger partial charge in [-0.25, -0.2) is 8.42 Å². The third-order valence-corrected chi connectivity index (χ3v) is 6.76. The molecule has 3 aromatic rings. The second-order valence-corrected chi connectivity index (χ2v) is 9.81. The van der Waals surface area contributed by atoms with Crippen LogP contribution in [0.4, 0.5) is 5.69 Å². The minimum Gasteiger partial charge on any atom is -0.492 e. The molecule has 3 rings (SSSR count). The topological polar surface area (TPSA) is 84.5 Å². The number of halogens is 1. The van der Waals surface area contributed by atoms with Crippen LogP contribution in [0, 0.1) is 13.8 Å². The summed E-state index contributed by atoms with van der Waals surface area (Å²) in [5, 5.41) is 3.11. The van der Waals surface area contributed by atoms with Gasteiger partial charge in [0.25, 0.3) is 0 Å². The molecule has 0 bridgehead atoms. The number of hydrogen-bond donors (Lipinski definition) is 2. The van der Waals surface area contributed by atoms with Gasteiger partial charge in [0.05, 0.1) is 6.61 Å². The number of anilines is 1. The first-order valence-corrected chi connectivity index (χ1v) is 12.4. The molecule has 0 aliphatic rings. The van der Waals surface area contributed by atoms with Gasteiger partial charge in [-0.1, -0.05) is 59.6 Å². The van der Waals surface area contributed by atoms with Crippen LogP contribution in [0.3, 0.4) is 0 Å². The van der Waals surface area contributed by atoms with E-state index in [2.05, 4.69) is 10.0 Å². The average molecular weight is 487 g/mol. The summed E-state index contributed by atoms with van der Waals surface area (Å²) in [6.45, 7) is 5.89. The van der Waals surface area contributed by atoms with Gasteiger partial charge >= 0.3 is 0 Å². The number of benzene rings is 3. The minimum absolute atomic E-state index is 0.116. The second kappa shape index (κ2) is 10.8. The summed E-state index contributed by atoms with van der Waals surface area (Å²) in [7, 11) is -4.13. The summed E-state index contributed by atoms with van der Waals surface area (Å²) < 4.78 is 34.7. The van der Waals surface area contributed by atoms with E-state index in [1.807, 2.05) is 56.3 Å². The maximum Gasteiger partial charge on any atom is 0.245 e. The molecule has 6 nitrogen and oxygen atoms in total. The molecule has 0 saturated carbocycles. The molecule has 0 fully saturated rings. The number of carbonyl (C=O) groups is 1. The lowest BCUT2D eigenvalue weighted by molar-refractivity contribution is -0.117. The zero-order valence-electron chi connectivity index (χ0n) is 18.8. The number of amides is 1. The van der Waals surface area contributed by atoms with E-state index in [0.717, 1.165) is 16.7 Å². The molecule has 0 radical (unpaired) electrons. The zero-order valence-corrected chi connectivity index (χ0v) is 20.3. The quantitative estimate of drug-likeness (QED) is 0.451. The molecule has 0 heterocycles. The molecule has 3 aromatic carbocycles. The van der Waals surface area contributed by atoms with Crippen molar-refractivity contribution in [1.82, 2.24) is 4.72 Å². The number of aryl methyl sites for hydroxylation is 2. The van der Waals surface area contributed by atoms with Crippen LogP contribution in [0.15, 0.2) is 71.6 Å². The molecule has 0 aliphatic heterocycles. The lowest BCUT2D eigenvalue weighted by atomic mass is 10.1. The van der Waals surface area contributed by atoms with Crippen molar-refractivity contribution in [3.05, 3.63) is 88.4 Å². The van der Waals surface area contributed by atoms with Crippen molar-refractivity contribution >= 4 is 33.2 Å². The molecule has 0 aromatic heterocycles. The Kier molecular flexibility index (Phi) is 8.13. The molecule has 1 atom stereocenters. The van der Waals surface area contributed by atoms with Gasteiger partial charge in [-0.2, -0.15) is 4.72 Å². The molecule has 0 saturated heterocycles. The van der Waals surface area contributed by atoms with Crippen LogP contribution in [0.1, 0.15) is 23.6 Å². The maximum absolute atomic E-state index is 13.3. The fraction of sp³-hybridized carbons (Fsp3) is 0.240. The molecular weight excluding hydrogens is 460 g/mol. The molecule has 174 valence electrons. The van der Waals surface area contributed by atoms with Crippen molar-refractivity contribution < 1.29 is 17.9 Å². The Morgan fingerprint density at radius 3 is 2.42 bits per heavy atom. The Morgan fingerprint density at radius 2 is 1.76 bits per heavy atom. The van der Waals surface area contributed by atoms with Crippen LogP contribution < -0.4 is 14.8 Å². The first-order chi connectivity index (χ1) is 15.7. The number of sulfonamides is 1. The average Bonchev–Trinajstić information content (AvgIpc) is 2.77. The normalized spacial score (nSPS) is 12.2. The van der Waals surface area contributed by atoms with E-state index in [9.17, 15) is 13.2 Å². The predicted molar refractivity (Wildman–Crippen MR) is 131 cm³/mol. The lowest BCUT2D eigenvalue weighted by Gasteiger charge is -2.20. The predicted octanol–water partition coefficient (Wildman–Crippen LogP) is 4.88. The van der Waals surface area contributed by atoms with Crippen molar-refractivity contribution in [2.45, 2.75) is 38.1 Å². The van der Waals surface area contributed by atoms with E-state index >= 15 is 0 Å². The Labute approximate surface area is 200 Å². The lowest BCUT2D eigenvalue weighted by Crippen LogP contribution is -2.45. The van der Waals surface area contributed by atoms with Gasteiger partial charge < -0.3 is 10.1 Å². The molecule has 8 heteroatoms. The van der Waals surface area contributed by atoms with E-state index in [0.29, 0.717) is 5.69 Å². The number of hydrogen-bond acceptors (Lipinski definition) is 4. The fourth-order valence-electron chi connectivity index (χ4n) is 3.43. The third kappa shape index (κ3) is 6.57. The van der Waals surface area contributed by atoms with Gasteiger partial charge in [0.1, 0.15) is 16.7 Å². The van der Waals surface area contributed by atoms with Crippen LogP contribution in [0.5, 0.6) is 5.75 Å². The van der Waals surface area contributed by atoms with E-state index in [4.69, 9.17) is 16.3 Å². The third-order valence-electron chi connectivity index (χ3n) is 5.03. The molecule has 1 unspecified atom stereocenters. The molecule has 33 heavy (non-hydrogen) atoms. The first kappa shape index (κ1) is 24.8. The molecule has 0 aliphatic carbocycles. The largest absolute Gasteiger partial charge is 0.492 e. The van der Waals surface area contributed by atoms with Crippen LogP contribution in [0.25, 0.3) is 0 Å². The first-order valence-electron chi connectivity index (χ1n) is 10.6. The van der Waals surface area contributed by atoms with Crippen molar-refractivity contribution in [3.63, 3.8) is 0 Å². The standard InChI is InChI=1S/C25H27ClN2O4S/c1-4-32-23-13-11-20(26)16-24(23)33(30,31)28-22(15-19-8-6-5-7-9-19)25(29)27-21-12-10-17(2)14-18(21)3/h5-14,16,22,28H,4,15H2,1-3H3,(H,27,29). The SMILES string of the molecule is CCOc1ccc(Cl)cc1S(=O)(=O)NC(Cc1ccccc1)C(=O)Nc1ccc(C)cc1C. The summed E-state index contributed by atoms with van der Waals surface area (Å²) in [6.07, 6.45) is 0.168. The van der Waals surface area contributed by atoms with Crippen LogP contribution >= 0.6 is 11.6 Å². The highest BCUT2D eigenvalue weighted by Gasteiger charge is 2.29. The van der Waals surface area contributed by atoms with Gasteiger partial charge in [-0.05, 0) is 62.6 Å².